The fraction of sp³-hybridized carbons (Fsp3) is 0.208. The minimum atomic E-state index is -0.270. The quantitative estimate of drug-likeness (QED) is 0.317. The van der Waals surface area contributed by atoms with Gasteiger partial charge in [-0.25, -0.2) is 5.01 Å². The third kappa shape index (κ3) is 4.91. The van der Waals surface area contributed by atoms with E-state index in [1.54, 1.807) is 49.0 Å². The van der Waals surface area contributed by atoms with E-state index in [1.165, 1.54) is 11.8 Å². The number of methoxy groups -OCH3 is 2. The van der Waals surface area contributed by atoms with Crippen LogP contribution in [-0.4, -0.2) is 51.8 Å². The van der Waals surface area contributed by atoms with Crippen molar-refractivity contribution >= 4 is 34.7 Å². The van der Waals surface area contributed by atoms with Gasteiger partial charge in [-0.15, -0.1) is 21.5 Å². The molecule has 4 heterocycles. The van der Waals surface area contributed by atoms with Crippen LogP contribution < -0.4 is 9.47 Å². The number of amides is 1. The molecule has 35 heavy (non-hydrogen) atoms. The smallest absolute Gasteiger partial charge is 0.277 e. The lowest BCUT2D eigenvalue weighted by molar-refractivity contribution is -0.130. The number of thioether (sulfide) groups is 1. The molecule has 0 aliphatic carbocycles. The molecular weight excluding hydrogens is 486 g/mol. The minimum absolute atomic E-state index is 0.0969. The summed E-state index contributed by atoms with van der Waals surface area (Å²) in [5.41, 5.74) is 2.50. The molecule has 1 unspecified atom stereocenters. The molecule has 1 amide bonds. The zero-order valence-electron chi connectivity index (χ0n) is 19.0. The third-order valence-corrected chi connectivity index (χ3v) is 7.12. The van der Waals surface area contributed by atoms with Crippen molar-refractivity contribution in [2.75, 3.05) is 20.0 Å². The number of benzene rings is 1. The van der Waals surface area contributed by atoms with Crippen molar-refractivity contribution < 1.29 is 18.7 Å². The van der Waals surface area contributed by atoms with Crippen LogP contribution in [0.3, 0.4) is 0 Å². The summed E-state index contributed by atoms with van der Waals surface area (Å²) < 4.78 is 16.5. The molecular formula is C24H21N5O4S2. The lowest BCUT2D eigenvalue weighted by Gasteiger charge is -2.22. The Hall–Kier alpha value is -3.70. The van der Waals surface area contributed by atoms with Crippen molar-refractivity contribution in [3.8, 4) is 23.0 Å². The van der Waals surface area contributed by atoms with Crippen molar-refractivity contribution in [1.29, 1.82) is 0 Å². The van der Waals surface area contributed by atoms with Gasteiger partial charge in [-0.3, -0.25) is 9.78 Å². The summed E-state index contributed by atoms with van der Waals surface area (Å²) in [7, 11) is 3.18. The number of thiophene rings is 1. The molecule has 9 nitrogen and oxygen atoms in total. The highest BCUT2D eigenvalue weighted by Gasteiger charge is 2.34. The van der Waals surface area contributed by atoms with Crippen LogP contribution in [0, 0.1) is 0 Å². The highest BCUT2D eigenvalue weighted by atomic mass is 32.2. The number of aromatic nitrogens is 3. The lowest BCUT2D eigenvalue weighted by atomic mass is 10.0. The van der Waals surface area contributed by atoms with Crippen LogP contribution >= 0.6 is 23.1 Å². The standard InChI is InChI=1S/C24H21N5O4S2/c1-31-19-8-7-15(11-20(19)32-2)18-12-17(21-6-4-10-34-21)28-29(18)22(30)14-35-24-27-26-23(33-24)16-5-3-9-25-13-16/h3-11,13,18H,12,14H2,1-2H3. The Morgan fingerprint density at radius 2 is 2.06 bits per heavy atom. The van der Waals surface area contributed by atoms with E-state index in [0.29, 0.717) is 29.0 Å². The molecule has 0 spiro atoms. The van der Waals surface area contributed by atoms with Gasteiger partial charge in [0.25, 0.3) is 11.1 Å². The summed E-state index contributed by atoms with van der Waals surface area (Å²) in [5.74, 6) is 1.52. The van der Waals surface area contributed by atoms with Crippen LogP contribution in [0.5, 0.6) is 11.5 Å². The van der Waals surface area contributed by atoms with Gasteiger partial charge in [0.2, 0.25) is 5.89 Å². The van der Waals surface area contributed by atoms with E-state index in [0.717, 1.165) is 21.7 Å². The van der Waals surface area contributed by atoms with Crippen molar-refractivity contribution in [3.63, 3.8) is 0 Å². The van der Waals surface area contributed by atoms with Gasteiger partial charge in [0.1, 0.15) is 0 Å². The van der Waals surface area contributed by atoms with Gasteiger partial charge in [0, 0.05) is 18.8 Å². The second kappa shape index (κ2) is 10.3. The van der Waals surface area contributed by atoms with Gasteiger partial charge in [0.15, 0.2) is 11.5 Å². The zero-order chi connectivity index (χ0) is 24.2. The minimum Gasteiger partial charge on any atom is -0.493 e. The molecule has 0 N–H and O–H groups in total. The number of carbonyl (C=O) groups is 1. The van der Waals surface area contributed by atoms with Crippen molar-refractivity contribution in [2.24, 2.45) is 5.10 Å². The van der Waals surface area contributed by atoms with Crippen LogP contribution in [0.2, 0.25) is 0 Å². The number of hydrogen-bond acceptors (Lipinski definition) is 10. The Morgan fingerprint density at radius 1 is 1.17 bits per heavy atom. The topological polar surface area (TPSA) is 103 Å². The Balaban J connectivity index is 1.36. The van der Waals surface area contributed by atoms with Crippen molar-refractivity contribution in [3.05, 3.63) is 70.7 Å². The average molecular weight is 508 g/mol. The van der Waals surface area contributed by atoms with E-state index in [1.807, 2.05) is 41.8 Å². The van der Waals surface area contributed by atoms with Gasteiger partial charge >= 0.3 is 0 Å². The van der Waals surface area contributed by atoms with Gasteiger partial charge in [-0.05, 0) is 41.3 Å². The molecule has 5 rings (SSSR count). The van der Waals surface area contributed by atoms with Gasteiger partial charge < -0.3 is 13.9 Å². The maximum absolute atomic E-state index is 13.3. The van der Waals surface area contributed by atoms with E-state index < -0.39 is 0 Å². The normalized spacial score (nSPS) is 15.2. The molecule has 4 aromatic rings. The van der Waals surface area contributed by atoms with E-state index in [-0.39, 0.29) is 17.7 Å². The SMILES string of the molecule is COc1ccc(C2CC(c3cccs3)=NN2C(=O)CSc2nnc(-c3cccnc3)o2)cc1OC. The first-order valence-corrected chi connectivity index (χ1v) is 12.5. The van der Waals surface area contributed by atoms with Crippen LogP contribution in [0.4, 0.5) is 0 Å². The molecule has 0 saturated carbocycles. The molecule has 3 aromatic heterocycles. The molecule has 178 valence electrons. The van der Waals surface area contributed by atoms with Gasteiger partial charge in [-0.2, -0.15) is 5.10 Å². The average Bonchev–Trinajstić information content (AvgIpc) is 3.68. The number of rotatable bonds is 8. The number of nitrogens with zero attached hydrogens (tertiary/aromatic N) is 5. The number of hydrogen-bond donors (Lipinski definition) is 0. The number of ether oxygens (including phenoxy) is 2. The van der Waals surface area contributed by atoms with Crippen LogP contribution in [0.25, 0.3) is 11.5 Å². The highest BCUT2D eigenvalue weighted by Crippen LogP contribution is 2.38. The second-order valence-electron chi connectivity index (χ2n) is 7.50. The molecule has 11 heteroatoms. The Kier molecular flexibility index (Phi) is 6.77. The van der Waals surface area contributed by atoms with Gasteiger partial charge in [-0.1, -0.05) is 23.9 Å². The van der Waals surface area contributed by atoms with Crippen molar-refractivity contribution in [2.45, 2.75) is 17.7 Å². The summed E-state index contributed by atoms with van der Waals surface area (Å²) in [4.78, 5) is 18.4. The molecule has 0 saturated heterocycles. The first-order chi connectivity index (χ1) is 17.2. The van der Waals surface area contributed by atoms with Gasteiger partial charge in [0.05, 0.1) is 42.2 Å². The van der Waals surface area contributed by atoms with E-state index >= 15 is 0 Å². The fourth-order valence-electron chi connectivity index (χ4n) is 3.72. The monoisotopic (exact) mass is 507 g/mol. The predicted molar refractivity (Wildman–Crippen MR) is 133 cm³/mol. The zero-order valence-corrected chi connectivity index (χ0v) is 20.6. The van der Waals surface area contributed by atoms with Crippen LogP contribution in [0.15, 0.2) is 75.0 Å². The highest BCUT2D eigenvalue weighted by molar-refractivity contribution is 7.99. The van der Waals surface area contributed by atoms with Crippen molar-refractivity contribution in [1.82, 2.24) is 20.2 Å². The number of pyridine rings is 1. The number of carbonyl (C=O) groups excluding carboxylic acids is 1. The summed E-state index contributed by atoms with van der Waals surface area (Å²) >= 11 is 2.78. The molecule has 1 aliphatic rings. The first-order valence-electron chi connectivity index (χ1n) is 10.7. The van der Waals surface area contributed by atoms with E-state index in [2.05, 4.69) is 15.2 Å². The fourth-order valence-corrected chi connectivity index (χ4v) is 5.05. The molecule has 1 atom stereocenters. The van der Waals surface area contributed by atoms with E-state index in [9.17, 15) is 4.79 Å². The lowest BCUT2D eigenvalue weighted by Crippen LogP contribution is -2.28. The molecule has 1 aromatic carbocycles. The summed E-state index contributed by atoms with van der Waals surface area (Å²) in [6.07, 6.45) is 3.91. The van der Waals surface area contributed by atoms with E-state index in [4.69, 9.17) is 19.0 Å². The Labute approximate surface area is 209 Å². The third-order valence-electron chi connectivity index (χ3n) is 5.40. The first kappa shape index (κ1) is 23.1. The summed E-state index contributed by atoms with van der Waals surface area (Å²) in [5, 5.41) is 16.7. The van der Waals surface area contributed by atoms with Crippen LogP contribution in [-0.2, 0) is 4.79 Å². The molecule has 0 fully saturated rings. The summed E-state index contributed by atoms with van der Waals surface area (Å²) in [6, 6.07) is 13.0. The predicted octanol–water partition coefficient (Wildman–Crippen LogP) is 4.68. The van der Waals surface area contributed by atoms with Crippen LogP contribution in [0.1, 0.15) is 22.9 Å². The summed E-state index contributed by atoms with van der Waals surface area (Å²) in [6.45, 7) is 0. The largest absolute Gasteiger partial charge is 0.493 e. The Morgan fingerprint density at radius 3 is 2.80 bits per heavy atom. The Bertz CT molecular complexity index is 1340. The molecule has 0 radical (unpaired) electrons. The maximum atomic E-state index is 13.3. The number of hydrazone groups is 1. The maximum Gasteiger partial charge on any atom is 0.277 e. The molecule has 0 bridgehead atoms. The second-order valence-corrected chi connectivity index (χ2v) is 9.37. The molecule has 1 aliphatic heterocycles.